The van der Waals surface area contributed by atoms with Crippen LogP contribution in [0.25, 0.3) is 10.7 Å². The van der Waals surface area contributed by atoms with Crippen molar-refractivity contribution in [3.63, 3.8) is 0 Å². The zero-order valence-electron chi connectivity index (χ0n) is 16.5. The van der Waals surface area contributed by atoms with Gasteiger partial charge in [-0.3, -0.25) is 9.48 Å². The third-order valence-electron chi connectivity index (χ3n) is 4.70. The van der Waals surface area contributed by atoms with Crippen molar-refractivity contribution in [1.29, 1.82) is 0 Å². The molecular formula is C23H22N4O2S. The number of aliphatic hydroxyl groups is 1. The topological polar surface area (TPSA) is 80.0 Å². The lowest BCUT2D eigenvalue weighted by atomic mass is 10.1. The molecule has 0 aliphatic carbocycles. The Morgan fingerprint density at radius 2 is 1.80 bits per heavy atom. The highest BCUT2D eigenvalue weighted by atomic mass is 32.1. The van der Waals surface area contributed by atoms with Crippen molar-refractivity contribution in [3.8, 4) is 10.7 Å². The zero-order valence-corrected chi connectivity index (χ0v) is 17.3. The molecule has 0 saturated carbocycles. The van der Waals surface area contributed by atoms with Gasteiger partial charge in [0.25, 0.3) is 5.91 Å². The fraction of sp³-hybridized carbons (Fsp3) is 0.174. The SMILES string of the molecule is Cc1nc(-c2ccn(C[C@H](O)c3ccccc3)n2)sc1C(=O)NCc1ccccc1. The first kappa shape index (κ1) is 20.0. The molecule has 152 valence electrons. The number of aliphatic hydroxyl groups excluding tert-OH is 1. The zero-order chi connectivity index (χ0) is 20.9. The number of carbonyl (C=O) groups is 1. The smallest absolute Gasteiger partial charge is 0.263 e. The van der Waals surface area contributed by atoms with Gasteiger partial charge in [0.15, 0.2) is 0 Å². The Labute approximate surface area is 178 Å². The van der Waals surface area contributed by atoms with Gasteiger partial charge in [0.2, 0.25) is 0 Å². The molecule has 2 aromatic carbocycles. The third kappa shape index (κ3) is 4.64. The summed E-state index contributed by atoms with van der Waals surface area (Å²) in [5, 5.41) is 18.6. The lowest BCUT2D eigenvalue weighted by Crippen LogP contribution is -2.22. The van der Waals surface area contributed by atoms with Crippen LogP contribution in [-0.2, 0) is 13.1 Å². The van der Waals surface area contributed by atoms with Gasteiger partial charge in [-0.15, -0.1) is 11.3 Å². The van der Waals surface area contributed by atoms with Gasteiger partial charge in [0, 0.05) is 12.7 Å². The third-order valence-corrected chi connectivity index (χ3v) is 5.88. The van der Waals surface area contributed by atoms with Crippen molar-refractivity contribution in [2.24, 2.45) is 0 Å². The second kappa shape index (κ2) is 9.02. The van der Waals surface area contributed by atoms with E-state index >= 15 is 0 Å². The van der Waals surface area contributed by atoms with E-state index in [1.807, 2.05) is 79.9 Å². The summed E-state index contributed by atoms with van der Waals surface area (Å²) in [4.78, 5) is 17.7. The van der Waals surface area contributed by atoms with Crippen molar-refractivity contribution in [3.05, 3.63) is 94.6 Å². The molecule has 0 aliphatic heterocycles. The van der Waals surface area contributed by atoms with E-state index in [4.69, 9.17) is 0 Å². The van der Waals surface area contributed by atoms with Crippen LogP contribution in [0, 0.1) is 6.92 Å². The first-order chi connectivity index (χ1) is 14.6. The normalized spacial score (nSPS) is 11.9. The summed E-state index contributed by atoms with van der Waals surface area (Å²) < 4.78 is 1.69. The van der Waals surface area contributed by atoms with Crippen LogP contribution in [0.1, 0.15) is 32.6 Å². The summed E-state index contributed by atoms with van der Waals surface area (Å²) in [7, 11) is 0. The molecule has 4 rings (SSSR count). The molecule has 2 heterocycles. The number of amides is 1. The number of thiazole rings is 1. The molecule has 0 spiro atoms. The number of rotatable bonds is 7. The minimum absolute atomic E-state index is 0.140. The minimum atomic E-state index is -0.642. The number of aromatic nitrogens is 3. The van der Waals surface area contributed by atoms with Gasteiger partial charge in [0.05, 0.1) is 18.3 Å². The second-order valence-electron chi connectivity index (χ2n) is 6.95. The van der Waals surface area contributed by atoms with E-state index in [-0.39, 0.29) is 5.91 Å². The minimum Gasteiger partial charge on any atom is -0.386 e. The standard InChI is InChI=1S/C23H22N4O2S/c1-16-21(22(29)24-14-17-8-4-2-5-9-17)30-23(25-16)19-12-13-27(26-19)15-20(28)18-10-6-3-7-11-18/h2-13,20,28H,14-15H2,1H3,(H,24,29)/t20-/m0/s1. The van der Waals surface area contributed by atoms with Gasteiger partial charge >= 0.3 is 0 Å². The quantitative estimate of drug-likeness (QED) is 0.476. The Balaban J connectivity index is 1.43. The number of hydrogen-bond donors (Lipinski definition) is 2. The highest BCUT2D eigenvalue weighted by Crippen LogP contribution is 2.27. The van der Waals surface area contributed by atoms with E-state index in [1.165, 1.54) is 11.3 Å². The van der Waals surface area contributed by atoms with Crippen LogP contribution < -0.4 is 5.32 Å². The predicted octanol–water partition coefficient (Wildman–Crippen LogP) is 3.98. The predicted molar refractivity (Wildman–Crippen MR) is 117 cm³/mol. The average Bonchev–Trinajstić information content (AvgIpc) is 3.40. The molecule has 2 N–H and O–H groups in total. The maximum atomic E-state index is 12.6. The van der Waals surface area contributed by atoms with Crippen LogP contribution in [0.5, 0.6) is 0 Å². The van der Waals surface area contributed by atoms with Gasteiger partial charge in [0.1, 0.15) is 15.6 Å². The van der Waals surface area contributed by atoms with Crippen LogP contribution in [0.2, 0.25) is 0 Å². The van der Waals surface area contributed by atoms with Gasteiger partial charge in [-0.2, -0.15) is 5.10 Å². The number of nitrogens with one attached hydrogen (secondary N) is 1. The van der Waals surface area contributed by atoms with Crippen LogP contribution >= 0.6 is 11.3 Å². The number of aryl methyl sites for hydroxylation is 1. The maximum absolute atomic E-state index is 12.6. The lowest BCUT2D eigenvalue weighted by molar-refractivity contribution is 0.0954. The molecule has 0 aliphatic rings. The molecule has 0 unspecified atom stereocenters. The first-order valence-electron chi connectivity index (χ1n) is 9.66. The molecule has 0 bridgehead atoms. The van der Waals surface area contributed by atoms with E-state index < -0.39 is 6.10 Å². The van der Waals surface area contributed by atoms with Crippen LogP contribution in [0.4, 0.5) is 0 Å². The number of benzene rings is 2. The Bertz CT molecular complexity index is 1120. The molecule has 2 aromatic heterocycles. The van der Waals surface area contributed by atoms with E-state index in [0.717, 1.165) is 11.1 Å². The van der Waals surface area contributed by atoms with Gasteiger partial charge < -0.3 is 10.4 Å². The van der Waals surface area contributed by atoms with Crippen LogP contribution in [0.15, 0.2) is 72.9 Å². The van der Waals surface area contributed by atoms with Gasteiger partial charge in [-0.1, -0.05) is 60.7 Å². The molecule has 1 amide bonds. The Hall–Kier alpha value is -3.29. The number of carbonyl (C=O) groups excluding carboxylic acids is 1. The Kier molecular flexibility index (Phi) is 6.02. The molecule has 0 radical (unpaired) electrons. The molecule has 1 atom stereocenters. The lowest BCUT2D eigenvalue weighted by Gasteiger charge is -2.10. The molecular weight excluding hydrogens is 396 g/mol. The summed E-state index contributed by atoms with van der Waals surface area (Å²) in [6.45, 7) is 2.64. The van der Waals surface area contributed by atoms with E-state index in [1.54, 1.807) is 4.68 Å². The monoisotopic (exact) mass is 418 g/mol. The summed E-state index contributed by atoms with van der Waals surface area (Å²) >= 11 is 1.32. The van der Waals surface area contributed by atoms with Gasteiger partial charge in [-0.05, 0) is 24.1 Å². The maximum Gasteiger partial charge on any atom is 0.263 e. The molecule has 6 nitrogen and oxygen atoms in total. The van der Waals surface area contributed by atoms with Crippen LogP contribution in [-0.4, -0.2) is 25.8 Å². The van der Waals surface area contributed by atoms with E-state index in [9.17, 15) is 9.90 Å². The van der Waals surface area contributed by atoms with Crippen molar-refractivity contribution in [2.75, 3.05) is 0 Å². The highest BCUT2D eigenvalue weighted by molar-refractivity contribution is 7.17. The fourth-order valence-corrected chi connectivity index (χ4v) is 4.06. The van der Waals surface area contributed by atoms with E-state index in [2.05, 4.69) is 15.4 Å². The van der Waals surface area contributed by atoms with Crippen molar-refractivity contribution < 1.29 is 9.90 Å². The molecule has 4 aromatic rings. The average molecular weight is 419 g/mol. The molecule has 30 heavy (non-hydrogen) atoms. The fourth-order valence-electron chi connectivity index (χ4n) is 3.11. The highest BCUT2D eigenvalue weighted by Gasteiger charge is 2.18. The first-order valence-corrected chi connectivity index (χ1v) is 10.5. The Morgan fingerprint density at radius 1 is 1.10 bits per heavy atom. The molecule has 7 heteroatoms. The Morgan fingerprint density at radius 3 is 2.53 bits per heavy atom. The summed E-state index contributed by atoms with van der Waals surface area (Å²) in [6.07, 6.45) is 1.17. The molecule has 0 saturated heterocycles. The van der Waals surface area contributed by atoms with Crippen LogP contribution in [0.3, 0.4) is 0 Å². The number of hydrogen-bond acceptors (Lipinski definition) is 5. The summed E-state index contributed by atoms with van der Waals surface area (Å²) in [6, 6.07) is 21.1. The largest absolute Gasteiger partial charge is 0.386 e. The van der Waals surface area contributed by atoms with Gasteiger partial charge in [-0.25, -0.2) is 4.98 Å². The van der Waals surface area contributed by atoms with Crippen molar-refractivity contribution in [2.45, 2.75) is 26.1 Å². The molecule has 0 fully saturated rings. The summed E-state index contributed by atoms with van der Waals surface area (Å²) in [5.41, 5.74) is 3.26. The van der Waals surface area contributed by atoms with Crippen molar-refractivity contribution >= 4 is 17.2 Å². The second-order valence-corrected chi connectivity index (χ2v) is 7.95. The number of nitrogens with zero attached hydrogens (tertiary/aromatic N) is 3. The van der Waals surface area contributed by atoms with E-state index in [0.29, 0.717) is 34.4 Å². The van der Waals surface area contributed by atoms with Crippen molar-refractivity contribution in [1.82, 2.24) is 20.1 Å². The summed E-state index contributed by atoms with van der Waals surface area (Å²) in [5.74, 6) is -0.140.